The van der Waals surface area contributed by atoms with Crippen LogP contribution in [0.5, 0.6) is 5.75 Å². The van der Waals surface area contributed by atoms with Crippen molar-refractivity contribution in [3.8, 4) is 11.9 Å². The Kier molecular flexibility index (Phi) is 7.66. The Bertz CT molecular complexity index is 1010. The number of nitrogens with one attached hydrogen (secondary N) is 3. The molecule has 0 spiro atoms. The van der Waals surface area contributed by atoms with Gasteiger partial charge in [-0.2, -0.15) is 5.26 Å². The Morgan fingerprint density at radius 2 is 1.91 bits per heavy atom. The number of nitrogens with zero attached hydrogens (tertiary/aromatic N) is 2. The Hall–Kier alpha value is -3.60. The predicted molar refractivity (Wildman–Crippen MR) is 121 cm³/mol. The number of hydrogen-bond acceptors (Lipinski definition) is 4. The van der Waals surface area contributed by atoms with E-state index in [0.29, 0.717) is 42.2 Å². The molecule has 1 fully saturated rings. The fourth-order valence-electron chi connectivity index (χ4n) is 4.33. The highest BCUT2D eigenvalue weighted by Gasteiger charge is 2.39. The van der Waals surface area contributed by atoms with Crippen LogP contribution in [0.25, 0.3) is 0 Å². The molecule has 32 heavy (non-hydrogen) atoms. The molecule has 2 aromatic rings. The van der Waals surface area contributed by atoms with Crippen LogP contribution in [-0.4, -0.2) is 38.6 Å². The highest BCUT2D eigenvalue weighted by Crippen LogP contribution is 2.40. The summed E-state index contributed by atoms with van der Waals surface area (Å²) in [4.78, 5) is 16.6. The van der Waals surface area contributed by atoms with Crippen LogP contribution in [0.3, 0.4) is 0 Å². The second kappa shape index (κ2) is 10.6. The van der Waals surface area contributed by atoms with Gasteiger partial charge in [0.2, 0.25) is 12.2 Å². The molecule has 0 heterocycles. The van der Waals surface area contributed by atoms with Crippen molar-refractivity contribution in [1.29, 1.82) is 5.26 Å². The number of nitriles is 1. The van der Waals surface area contributed by atoms with Crippen LogP contribution in [-0.2, 0) is 5.41 Å². The normalized spacial score (nSPS) is 20.7. The third-order valence-electron chi connectivity index (χ3n) is 6.07. The molecule has 0 aromatic heterocycles. The number of methoxy groups -OCH3 is 1. The summed E-state index contributed by atoms with van der Waals surface area (Å²) >= 11 is 0. The van der Waals surface area contributed by atoms with Crippen molar-refractivity contribution < 1.29 is 13.9 Å². The number of amides is 1. The molecule has 3 N–H and O–H groups in total. The number of benzene rings is 2. The van der Waals surface area contributed by atoms with E-state index in [1.807, 2.05) is 6.07 Å². The van der Waals surface area contributed by atoms with Crippen molar-refractivity contribution in [2.24, 2.45) is 4.99 Å². The minimum atomic E-state index is -0.534. The summed E-state index contributed by atoms with van der Waals surface area (Å²) in [5, 5.41) is 17.9. The van der Waals surface area contributed by atoms with Gasteiger partial charge in [0.05, 0.1) is 12.7 Å². The summed E-state index contributed by atoms with van der Waals surface area (Å²) in [6.07, 6.45) is 4.59. The average Bonchev–Trinajstić information content (AvgIpc) is 2.83. The molecule has 3 rings (SSSR count). The van der Waals surface area contributed by atoms with E-state index >= 15 is 0 Å². The number of carbonyl (C=O) groups is 1. The van der Waals surface area contributed by atoms with Gasteiger partial charge in [0, 0.05) is 25.0 Å². The monoisotopic (exact) mass is 437 g/mol. The number of aliphatic imine (C=N–C) groups is 1. The summed E-state index contributed by atoms with van der Waals surface area (Å²) < 4.78 is 20.1. The van der Waals surface area contributed by atoms with Crippen molar-refractivity contribution >= 4 is 11.9 Å². The van der Waals surface area contributed by atoms with Gasteiger partial charge in [0.15, 0.2) is 0 Å². The first kappa shape index (κ1) is 23.1. The number of hydrogen-bond donors (Lipinski definition) is 3. The second-order valence-corrected chi connectivity index (χ2v) is 7.87. The summed E-state index contributed by atoms with van der Waals surface area (Å²) in [5.74, 6) is 0.388. The molecular formula is C24H28FN5O2. The first-order valence-electron chi connectivity index (χ1n) is 10.6. The van der Waals surface area contributed by atoms with Gasteiger partial charge < -0.3 is 20.7 Å². The summed E-state index contributed by atoms with van der Waals surface area (Å²) in [6, 6.07) is 13.9. The van der Waals surface area contributed by atoms with Crippen LogP contribution in [0, 0.1) is 17.3 Å². The SMILES string of the molecule is CN/C(=N\C#N)N[C@H]1CC[C@](CNC(=O)c2ccccc2OC)(c2ccccc2F)CC1. The van der Waals surface area contributed by atoms with Gasteiger partial charge >= 0.3 is 0 Å². The number of ether oxygens (including phenoxy) is 1. The van der Waals surface area contributed by atoms with E-state index in [1.54, 1.807) is 49.6 Å². The van der Waals surface area contributed by atoms with E-state index in [1.165, 1.54) is 13.2 Å². The van der Waals surface area contributed by atoms with Gasteiger partial charge in [-0.15, -0.1) is 4.99 Å². The third-order valence-corrected chi connectivity index (χ3v) is 6.07. The average molecular weight is 438 g/mol. The van der Waals surface area contributed by atoms with E-state index in [4.69, 9.17) is 10.00 Å². The lowest BCUT2D eigenvalue weighted by Gasteiger charge is -2.41. The van der Waals surface area contributed by atoms with Crippen LogP contribution in [0.2, 0.25) is 0 Å². The lowest BCUT2D eigenvalue weighted by atomic mass is 9.68. The van der Waals surface area contributed by atoms with E-state index in [2.05, 4.69) is 20.9 Å². The minimum absolute atomic E-state index is 0.0966. The van der Waals surface area contributed by atoms with E-state index in [-0.39, 0.29) is 17.8 Å². The molecule has 1 saturated carbocycles. The summed E-state index contributed by atoms with van der Waals surface area (Å²) in [6.45, 7) is 0.308. The van der Waals surface area contributed by atoms with Crippen molar-refractivity contribution in [3.63, 3.8) is 0 Å². The van der Waals surface area contributed by atoms with Crippen molar-refractivity contribution in [2.45, 2.75) is 37.1 Å². The Morgan fingerprint density at radius 1 is 1.22 bits per heavy atom. The van der Waals surface area contributed by atoms with E-state index < -0.39 is 5.41 Å². The third kappa shape index (κ3) is 5.17. The zero-order valence-corrected chi connectivity index (χ0v) is 18.3. The fourth-order valence-corrected chi connectivity index (χ4v) is 4.33. The van der Waals surface area contributed by atoms with Crippen molar-refractivity contribution in [3.05, 3.63) is 65.5 Å². The number of para-hydroxylation sites is 1. The summed E-state index contributed by atoms with van der Waals surface area (Å²) in [7, 11) is 3.22. The molecule has 168 valence electrons. The molecule has 8 heteroatoms. The molecule has 0 bridgehead atoms. The molecule has 2 aromatic carbocycles. The molecule has 1 aliphatic rings. The van der Waals surface area contributed by atoms with Crippen LogP contribution in [0.15, 0.2) is 53.5 Å². The first-order valence-corrected chi connectivity index (χ1v) is 10.6. The minimum Gasteiger partial charge on any atom is -0.496 e. The maximum absolute atomic E-state index is 14.8. The van der Waals surface area contributed by atoms with E-state index in [0.717, 1.165) is 12.8 Å². The molecular weight excluding hydrogens is 409 g/mol. The standard InChI is InChI=1S/C24H28FN5O2/c1-27-23(29-16-26)30-17-11-13-24(14-12-17,19-8-4-5-9-20(19)25)15-28-22(31)18-7-3-6-10-21(18)32-2/h3-10,17H,11-15H2,1-2H3,(H,28,31)(H2,27,29,30)/t17-,24-. The molecule has 0 saturated heterocycles. The van der Waals surface area contributed by atoms with Crippen LogP contribution < -0.4 is 20.7 Å². The number of carbonyl (C=O) groups excluding carboxylic acids is 1. The second-order valence-electron chi connectivity index (χ2n) is 7.87. The van der Waals surface area contributed by atoms with Gasteiger partial charge in [0.25, 0.3) is 5.91 Å². The fraction of sp³-hybridized carbons (Fsp3) is 0.375. The molecule has 1 aliphatic carbocycles. The zero-order valence-electron chi connectivity index (χ0n) is 18.3. The number of rotatable bonds is 6. The lowest BCUT2D eigenvalue weighted by molar-refractivity contribution is 0.0931. The number of guanidine groups is 1. The van der Waals surface area contributed by atoms with Gasteiger partial charge in [-0.1, -0.05) is 30.3 Å². The van der Waals surface area contributed by atoms with Crippen LogP contribution in [0.1, 0.15) is 41.6 Å². The Balaban J connectivity index is 1.79. The summed E-state index contributed by atoms with van der Waals surface area (Å²) in [5.41, 5.74) is 0.520. The van der Waals surface area contributed by atoms with E-state index in [9.17, 15) is 9.18 Å². The molecule has 1 amide bonds. The van der Waals surface area contributed by atoms with Crippen molar-refractivity contribution in [1.82, 2.24) is 16.0 Å². The smallest absolute Gasteiger partial charge is 0.255 e. The Morgan fingerprint density at radius 3 is 2.56 bits per heavy atom. The maximum atomic E-state index is 14.8. The molecule has 0 radical (unpaired) electrons. The van der Waals surface area contributed by atoms with Crippen molar-refractivity contribution in [2.75, 3.05) is 20.7 Å². The molecule has 0 atom stereocenters. The largest absolute Gasteiger partial charge is 0.496 e. The first-order chi connectivity index (χ1) is 15.5. The van der Waals surface area contributed by atoms with Gasteiger partial charge in [-0.25, -0.2) is 4.39 Å². The van der Waals surface area contributed by atoms with Gasteiger partial charge in [-0.3, -0.25) is 4.79 Å². The topological polar surface area (TPSA) is 98.5 Å². The lowest BCUT2D eigenvalue weighted by Crippen LogP contribution is -2.49. The molecule has 0 unspecified atom stereocenters. The van der Waals surface area contributed by atoms with Crippen LogP contribution in [0.4, 0.5) is 4.39 Å². The highest BCUT2D eigenvalue weighted by atomic mass is 19.1. The quantitative estimate of drug-likeness (QED) is 0.367. The maximum Gasteiger partial charge on any atom is 0.255 e. The number of halogens is 1. The highest BCUT2D eigenvalue weighted by molar-refractivity contribution is 5.97. The predicted octanol–water partition coefficient (Wildman–Crippen LogP) is 3.09. The molecule has 0 aliphatic heterocycles. The Labute approximate surface area is 187 Å². The van der Waals surface area contributed by atoms with Crippen LogP contribution >= 0.6 is 0 Å². The van der Waals surface area contributed by atoms with Gasteiger partial charge in [-0.05, 0) is 49.4 Å². The zero-order chi connectivity index (χ0) is 23.0. The molecule has 7 nitrogen and oxygen atoms in total. The van der Waals surface area contributed by atoms with Gasteiger partial charge in [0.1, 0.15) is 11.6 Å².